The van der Waals surface area contributed by atoms with Gasteiger partial charge in [-0.25, -0.2) is 9.97 Å². The second-order valence-corrected chi connectivity index (χ2v) is 9.14. The van der Waals surface area contributed by atoms with Crippen molar-refractivity contribution in [1.82, 2.24) is 30.1 Å². The molecule has 2 fully saturated rings. The molecule has 0 bridgehead atoms. The predicted molar refractivity (Wildman–Crippen MR) is 133 cm³/mol. The Morgan fingerprint density at radius 2 is 1.84 bits per heavy atom. The number of aliphatic hydroxyl groups excluding tert-OH is 1. The lowest BCUT2D eigenvalue weighted by Gasteiger charge is -2.36. The minimum absolute atomic E-state index is 0.0905. The first-order valence-corrected chi connectivity index (χ1v) is 12.0. The first-order chi connectivity index (χ1) is 17.8. The Kier molecular flexibility index (Phi) is 6.45. The fourth-order valence-corrected chi connectivity index (χ4v) is 4.50. The second-order valence-electron chi connectivity index (χ2n) is 9.14. The van der Waals surface area contributed by atoms with Gasteiger partial charge in [0.2, 0.25) is 12.1 Å². The molecule has 2 aromatic heterocycles. The van der Waals surface area contributed by atoms with Gasteiger partial charge in [-0.2, -0.15) is 5.26 Å². The number of aromatic nitrogens is 3. The number of rotatable bonds is 5. The van der Waals surface area contributed by atoms with E-state index in [1.165, 1.54) is 11.1 Å². The van der Waals surface area contributed by atoms with Crippen LogP contribution in [0, 0.1) is 17.2 Å². The van der Waals surface area contributed by atoms with Crippen molar-refractivity contribution in [1.29, 1.82) is 5.26 Å². The third-order valence-electron chi connectivity index (χ3n) is 6.76. The summed E-state index contributed by atoms with van der Waals surface area (Å²) in [6.45, 7) is 4.96. The molecule has 0 unspecified atom stereocenters. The number of hydrogen-bond acceptors (Lipinski definition) is 8. The smallest absolute Gasteiger partial charge is 0.272 e. The summed E-state index contributed by atoms with van der Waals surface area (Å²) in [5, 5.41) is 21.3. The number of piperazine rings is 1. The first-order valence-electron chi connectivity index (χ1n) is 12.0. The predicted octanol–water partition coefficient (Wildman–Crippen LogP) is 0.324. The lowest BCUT2D eigenvalue weighted by atomic mass is 10.0. The number of carbonyl (C=O) groups excluding carboxylic acids is 3. The van der Waals surface area contributed by atoms with E-state index in [2.05, 4.69) is 31.2 Å². The number of aromatic amines is 1. The van der Waals surface area contributed by atoms with Crippen LogP contribution in [-0.2, 0) is 9.59 Å². The second kappa shape index (κ2) is 9.87. The van der Waals surface area contributed by atoms with E-state index in [0.29, 0.717) is 29.9 Å². The number of fused-ring (bicyclic) bond motifs is 1. The Morgan fingerprint density at radius 1 is 1.14 bits per heavy atom. The van der Waals surface area contributed by atoms with Crippen molar-refractivity contribution in [2.75, 3.05) is 44.2 Å². The van der Waals surface area contributed by atoms with Crippen molar-refractivity contribution in [3.63, 3.8) is 0 Å². The molecule has 3 aromatic rings. The van der Waals surface area contributed by atoms with E-state index in [-0.39, 0.29) is 30.5 Å². The molecule has 1 atom stereocenters. The van der Waals surface area contributed by atoms with Crippen LogP contribution in [0.5, 0.6) is 0 Å². The minimum Gasteiger partial charge on any atom is -0.368 e. The average molecular weight is 503 g/mol. The summed E-state index contributed by atoms with van der Waals surface area (Å²) in [7, 11) is 0. The number of likely N-dealkylation sites (tertiary alicyclic amines) is 1. The Labute approximate surface area is 212 Å². The maximum absolute atomic E-state index is 12.8. The monoisotopic (exact) mass is 502 g/mol. The Balaban J connectivity index is 1.28. The Bertz CT molecular complexity index is 1380. The van der Waals surface area contributed by atoms with Crippen LogP contribution in [0.25, 0.3) is 22.4 Å². The standard InChI is InChI=1S/C25H26N8O4/c1-15(34)31-6-8-32(9-7-31)18-4-2-17(3-5-18)20-12-28-22-21(29-20)19(11-27-22)23(35)30-24(36)25(37)33-13-16(10-26)14-33/h2-5,11-12,16,24,36H,6-9,13-14H2,1H3,(H,27,28)(H,30,35)/t24-/m1/s1. The first kappa shape index (κ1) is 24.2. The summed E-state index contributed by atoms with van der Waals surface area (Å²) in [5.41, 5.74) is 3.28. The molecule has 4 heterocycles. The van der Waals surface area contributed by atoms with Gasteiger partial charge in [-0.1, -0.05) is 12.1 Å². The molecule has 1 aromatic carbocycles. The molecule has 0 spiro atoms. The number of anilines is 1. The number of hydrogen-bond donors (Lipinski definition) is 3. The molecule has 3 N–H and O–H groups in total. The number of carbonyl (C=O) groups is 3. The van der Waals surface area contributed by atoms with Crippen LogP contribution in [0.15, 0.2) is 36.7 Å². The number of nitriles is 1. The zero-order chi connectivity index (χ0) is 26.1. The highest BCUT2D eigenvalue weighted by Crippen LogP contribution is 2.25. The lowest BCUT2D eigenvalue weighted by Crippen LogP contribution is -2.56. The number of nitrogens with zero attached hydrogens (tertiary/aromatic N) is 6. The molecule has 3 amide bonds. The van der Waals surface area contributed by atoms with Gasteiger partial charge >= 0.3 is 0 Å². The fraction of sp³-hybridized carbons (Fsp3) is 0.360. The van der Waals surface area contributed by atoms with E-state index in [4.69, 9.17) is 5.26 Å². The third-order valence-corrected chi connectivity index (χ3v) is 6.76. The highest BCUT2D eigenvalue weighted by atomic mass is 16.3. The van der Waals surface area contributed by atoms with Gasteiger partial charge in [0, 0.05) is 63.6 Å². The van der Waals surface area contributed by atoms with Crippen molar-refractivity contribution in [3.8, 4) is 17.3 Å². The van der Waals surface area contributed by atoms with Gasteiger partial charge in [-0.3, -0.25) is 14.4 Å². The van der Waals surface area contributed by atoms with Crippen molar-refractivity contribution in [3.05, 3.63) is 42.2 Å². The maximum Gasteiger partial charge on any atom is 0.272 e. The molecule has 12 nitrogen and oxygen atoms in total. The molecule has 2 saturated heterocycles. The molecule has 0 radical (unpaired) electrons. The summed E-state index contributed by atoms with van der Waals surface area (Å²) in [6.07, 6.45) is 1.31. The molecule has 37 heavy (non-hydrogen) atoms. The molecule has 0 saturated carbocycles. The van der Waals surface area contributed by atoms with E-state index in [9.17, 15) is 19.5 Å². The molecule has 12 heteroatoms. The minimum atomic E-state index is -1.72. The van der Waals surface area contributed by atoms with Gasteiger partial charge in [0.25, 0.3) is 11.8 Å². The summed E-state index contributed by atoms with van der Waals surface area (Å²) in [5.74, 6) is -1.49. The van der Waals surface area contributed by atoms with E-state index >= 15 is 0 Å². The van der Waals surface area contributed by atoms with Gasteiger partial charge < -0.3 is 30.1 Å². The van der Waals surface area contributed by atoms with Gasteiger partial charge in [0.05, 0.1) is 29.4 Å². The molecule has 190 valence electrons. The number of aliphatic hydroxyl groups is 1. The molecule has 0 aliphatic carbocycles. The van der Waals surface area contributed by atoms with E-state index in [0.717, 1.165) is 24.3 Å². The lowest BCUT2D eigenvalue weighted by molar-refractivity contribution is -0.146. The van der Waals surface area contributed by atoms with Crippen LogP contribution in [0.4, 0.5) is 5.69 Å². The van der Waals surface area contributed by atoms with Gasteiger partial charge in [-0.15, -0.1) is 0 Å². The zero-order valence-electron chi connectivity index (χ0n) is 20.2. The van der Waals surface area contributed by atoms with E-state index < -0.39 is 18.0 Å². The average Bonchev–Trinajstić information content (AvgIpc) is 3.31. The molecular weight excluding hydrogens is 476 g/mol. The quantitative estimate of drug-likeness (QED) is 0.421. The summed E-state index contributed by atoms with van der Waals surface area (Å²) >= 11 is 0. The normalized spacial score (nSPS) is 16.7. The third kappa shape index (κ3) is 4.81. The number of amides is 3. The number of H-pyrrole nitrogens is 1. The molecule has 2 aliphatic heterocycles. The topological polar surface area (TPSA) is 159 Å². The number of benzene rings is 1. The van der Waals surface area contributed by atoms with Crippen LogP contribution in [0.2, 0.25) is 0 Å². The SMILES string of the molecule is CC(=O)N1CCN(c2ccc(-c3cnc4[nH]cc(C(=O)N[C@H](O)C(=O)N5CC(C#N)C5)c4n3)cc2)CC1. The van der Waals surface area contributed by atoms with Crippen molar-refractivity contribution in [2.45, 2.75) is 13.2 Å². The Hall–Kier alpha value is -4.50. The van der Waals surface area contributed by atoms with Crippen LogP contribution in [-0.4, -0.2) is 93.1 Å². The van der Waals surface area contributed by atoms with Crippen LogP contribution in [0.1, 0.15) is 17.3 Å². The van der Waals surface area contributed by atoms with Crippen molar-refractivity contribution < 1.29 is 19.5 Å². The summed E-state index contributed by atoms with van der Waals surface area (Å²) in [6, 6.07) is 9.89. The highest BCUT2D eigenvalue weighted by molar-refractivity contribution is 6.06. The van der Waals surface area contributed by atoms with Crippen LogP contribution in [0.3, 0.4) is 0 Å². The van der Waals surface area contributed by atoms with Crippen LogP contribution >= 0.6 is 0 Å². The zero-order valence-corrected chi connectivity index (χ0v) is 20.2. The van der Waals surface area contributed by atoms with E-state index in [1.54, 1.807) is 13.1 Å². The van der Waals surface area contributed by atoms with Gasteiger partial charge in [0.1, 0.15) is 5.52 Å². The Morgan fingerprint density at radius 3 is 2.49 bits per heavy atom. The fourth-order valence-electron chi connectivity index (χ4n) is 4.50. The van der Waals surface area contributed by atoms with Gasteiger partial charge in [-0.05, 0) is 12.1 Å². The van der Waals surface area contributed by atoms with Crippen LogP contribution < -0.4 is 10.2 Å². The number of nitrogens with one attached hydrogen (secondary N) is 2. The molecular formula is C25H26N8O4. The molecule has 2 aliphatic rings. The van der Waals surface area contributed by atoms with Gasteiger partial charge in [0.15, 0.2) is 5.65 Å². The van der Waals surface area contributed by atoms with Crippen molar-refractivity contribution in [2.24, 2.45) is 5.92 Å². The summed E-state index contributed by atoms with van der Waals surface area (Å²) < 4.78 is 0. The highest BCUT2D eigenvalue weighted by Gasteiger charge is 2.34. The van der Waals surface area contributed by atoms with E-state index in [1.807, 2.05) is 29.2 Å². The maximum atomic E-state index is 12.8. The largest absolute Gasteiger partial charge is 0.368 e. The summed E-state index contributed by atoms with van der Waals surface area (Å²) in [4.78, 5) is 53.9. The molecule has 5 rings (SSSR count). The van der Waals surface area contributed by atoms with Crippen molar-refractivity contribution >= 4 is 34.6 Å².